The molecule has 1 unspecified atom stereocenters. The quantitative estimate of drug-likeness (QED) is 0.700. The normalized spacial score (nSPS) is 17.6. The number of para-hydroxylation sites is 1. The monoisotopic (exact) mass is 406 g/mol. The summed E-state index contributed by atoms with van der Waals surface area (Å²) in [6.07, 6.45) is -1.00. The van der Waals surface area contributed by atoms with Crippen molar-refractivity contribution in [2.45, 2.75) is 20.0 Å². The number of halogens is 2. The van der Waals surface area contributed by atoms with Gasteiger partial charge in [-0.2, -0.15) is 9.96 Å². The predicted octanol–water partition coefficient (Wildman–Crippen LogP) is 4.56. The van der Waals surface area contributed by atoms with Gasteiger partial charge in [0.05, 0.1) is 16.3 Å². The van der Waals surface area contributed by atoms with Crippen molar-refractivity contribution in [2.75, 3.05) is 5.06 Å². The lowest BCUT2D eigenvalue weighted by atomic mass is 10.0. The van der Waals surface area contributed by atoms with Crippen molar-refractivity contribution >= 4 is 46.7 Å². The van der Waals surface area contributed by atoms with Gasteiger partial charge < -0.3 is 0 Å². The number of benzene rings is 2. The maximum absolute atomic E-state index is 13.0. The number of hydrogen-bond donors (Lipinski definition) is 0. The lowest BCUT2D eigenvalue weighted by molar-refractivity contribution is -0.146. The Hall–Kier alpha value is -2.41. The van der Waals surface area contributed by atoms with Gasteiger partial charge in [0.15, 0.2) is 6.10 Å². The number of carbonyl (C=O) groups is 3. The molecule has 2 aromatic rings. The number of urea groups is 1. The highest BCUT2D eigenvalue weighted by atomic mass is 35.5. The lowest BCUT2D eigenvalue weighted by Gasteiger charge is -2.37. The summed E-state index contributed by atoms with van der Waals surface area (Å²) < 4.78 is 0. The summed E-state index contributed by atoms with van der Waals surface area (Å²) in [6.45, 7) is 3.53. The smallest absolute Gasteiger partial charge is 0.271 e. The van der Waals surface area contributed by atoms with E-state index in [-0.39, 0.29) is 16.5 Å². The number of amides is 4. The van der Waals surface area contributed by atoms with Crippen LogP contribution in [0.1, 0.15) is 24.2 Å². The Morgan fingerprint density at radius 1 is 1.07 bits per heavy atom. The Labute approximate surface area is 166 Å². The molecule has 140 valence electrons. The van der Waals surface area contributed by atoms with Crippen LogP contribution in [0.3, 0.4) is 0 Å². The Kier molecular flexibility index (Phi) is 5.51. The molecular weight excluding hydrogens is 391 g/mol. The second kappa shape index (κ2) is 7.68. The van der Waals surface area contributed by atoms with Crippen LogP contribution in [0, 0.1) is 5.92 Å². The van der Waals surface area contributed by atoms with E-state index in [1.54, 1.807) is 44.2 Å². The van der Waals surface area contributed by atoms with Crippen LogP contribution in [0.15, 0.2) is 48.5 Å². The van der Waals surface area contributed by atoms with E-state index in [4.69, 9.17) is 28.0 Å². The standard InChI is InChI=1S/C19H16Cl2N2O4/c1-11(2)16-18(25)22(17(24)14-9-8-12(20)10-15(14)21)19(26)23(27-16)13-6-4-3-5-7-13/h3-11,16H,1-2H3. The van der Waals surface area contributed by atoms with Gasteiger partial charge in [-0.25, -0.2) is 4.79 Å². The first kappa shape index (κ1) is 19.4. The van der Waals surface area contributed by atoms with Gasteiger partial charge in [-0.1, -0.05) is 55.2 Å². The van der Waals surface area contributed by atoms with Crippen molar-refractivity contribution in [1.29, 1.82) is 0 Å². The zero-order chi connectivity index (χ0) is 19.7. The molecule has 2 aromatic carbocycles. The second-order valence-electron chi connectivity index (χ2n) is 6.29. The highest BCUT2D eigenvalue weighted by Crippen LogP contribution is 2.29. The van der Waals surface area contributed by atoms with Gasteiger partial charge in [-0.3, -0.25) is 14.4 Å². The van der Waals surface area contributed by atoms with Crippen molar-refractivity contribution in [1.82, 2.24) is 4.90 Å². The minimum atomic E-state index is -1.00. The van der Waals surface area contributed by atoms with Crippen LogP contribution in [0.2, 0.25) is 10.0 Å². The molecule has 6 nitrogen and oxygen atoms in total. The molecule has 0 spiro atoms. The third-order valence-corrected chi connectivity index (χ3v) is 4.56. The maximum Gasteiger partial charge on any atom is 0.362 e. The second-order valence-corrected chi connectivity index (χ2v) is 7.13. The molecule has 0 aromatic heterocycles. The molecule has 0 saturated carbocycles. The number of rotatable bonds is 3. The molecule has 1 saturated heterocycles. The lowest BCUT2D eigenvalue weighted by Crippen LogP contribution is -2.61. The molecular formula is C19H16Cl2N2O4. The zero-order valence-corrected chi connectivity index (χ0v) is 16.1. The summed E-state index contributed by atoms with van der Waals surface area (Å²) >= 11 is 12.0. The van der Waals surface area contributed by atoms with Crippen LogP contribution in [-0.2, 0) is 9.63 Å². The molecule has 0 aliphatic carbocycles. The van der Waals surface area contributed by atoms with Crippen molar-refractivity contribution in [3.63, 3.8) is 0 Å². The third-order valence-electron chi connectivity index (χ3n) is 4.01. The molecule has 0 radical (unpaired) electrons. The first-order valence-electron chi connectivity index (χ1n) is 8.20. The fourth-order valence-corrected chi connectivity index (χ4v) is 3.12. The van der Waals surface area contributed by atoms with E-state index in [0.717, 1.165) is 5.06 Å². The average Bonchev–Trinajstić information content (AvgIpc) is 2.62. The number of carbonyl (C=O) groups excluding carboxylic acids is 3. The number of nitrogens with zero attached hydrogens (tertiary/aromatic N) is 2. The molecule has 1 heterocycles. The van der Waals surface area contributed by atoms with Crippen LogP contribution in [0.25, 0.3) is 0 Å². The molecule has 1 atom stereocenters. The summed E-state index contributed by atoms with van der Waals surface area (Å²) in [4.78, 5) is 44.9. The molecule has 0 bridgehead atoms. The van der Waals surface area contributed by atoms with Gasteiger partial charge in [-0.05, 0) is 36.2 Å². The number of imide groups is 3. The van der Waals surface area contributed by atoms with E-state index in [0.29, 0.717) is 15.6 Å². The van der Waals surface area contributed by atoms with E-state index in [1.165, 1.54) is 18.2 Å². The summed E-state index contributed by atoms with van der Waals surface area (Å²) in [7, 11) is 0. The third kappa shape index (κ3) is 3.69. The van der Waals surface area contributed by atoms with Gasteiger partial charge in [-0.15, -0.1) is 0 Å². The molecule has 1 fully saturated rings. The SMILES string of the molecule is CC(C)C1ON(c2ccccc2)C(=O)N(C(=O)c2ccc(Cl)cc2Cl)C1=O. The van der Waals surface area contributed by atoms with Crippen molar-refractivity contribution in [3.8, 4) is 0 Å². The molecule has 8 heteroatoms. The summed E-state index contributed by atoms with van der Waals surface area (Å²) in [5, 5.41) is 1.34. The van der Waals surface area contributed by atoms with E-state index in [2.05, 4.69) is 0 Å². The first-order chi connectivity index (χ1) is 12.8. The summed E-state index contributed by atoms with van der Waals surface area (Å²) in [5.41, 5.74) is 0.404. The summed E-state index contributed by atoms with van der Waals surface area (Å²) in [6, 6.07) is 11.8. The molecule has 0 N–H and O–H groups in total. The number of anilines is 1. The van der Waals surface area contributed by atoms with Crippen LogP contribution in [0.4, 0.5) is 10.5 Å². The van der Waals surface area contributed by atoms with E-state index in [9.17, 15) is 14.4 Å². The van der Waals surface area contributed by atoms with Crippen LogP contribution < -0.4 is 5.06 Å². The van der Waals surface area contributed by atoms with Gasteiger partial charge in [0.1, 0.15) is 0 Å². The number of hydroxylamine groups is 1. The molecule has 27 heavy (non-hydrogen) atoms. The molecule has 1 aliphatic rings. The Balaban J connectivity index is 2.04. The van der Waals surface area contributed by atoms with Crippen molar-refractivity contribution < 1.29 is 19.2 Å². The van der Waals surface area contributed by atoms with E-state index < -0.39 is 23.9 Å². The molecule has 3 rings (SSSR count). The zero-order valence-electron chi connectivity index (χ0n) is 14.6. The van der Waals surface area contributed by atoms with Gasteiger partial charge in [0, 0.05) is 5.02 Å². The Morgan fingerprint density at radius 2 is 1.74 bits per heavy atom. The van der Waals surface area contributed by atoms with Gasteiger partial charge in [0.25, 0.3) is 11.8 Å². The first-order valence-corrected chi connectivity index (χ1v) is 8.96. The van der Waals surface area contributed by atoms with E-state index >= 15 is 0 Å². The molecule has 1 aliphatic heterocycles. The fourth-order valence-electron chi connectivity index (χ4n) is 2.63. The topological polar surface area (TPSA) is 66.9 Å². The largest absolute Gasteiger partial charge is 0.362 e. The van der Waals surface area contributed by atoms with Crippen LogP contribution in [-0.4, -0.2) is 28.8 Å². The molecule has 4 amide bonds. The summed E-state index contributed by atoms with van der Waals surface area (Å²) in [5.74, 6) is -1.84. The number of hydrogen-bond acceptors (Lipinski definition) is 4. The van der Waals surface area contributed by atoms with Crippen LogP contribution >= 0.6 is 23.2 Å². The van der Waals surface area contributed by atoms with Crippen molar-refractivity contribution in [2.24, 2.45) is 5.92 Å². The minimum Gasteiger partial charge on any atom is -0.271 e. The Bertz CT molecular complexity index is 902. The highest BCUT2D eigenvalue weighted by Gasteiger charge is 2.46. The Morgan fingerprint density at radius 3 is 2.33 bits per heavy atom. The highest BCUT2D eigenvalue weighted by molar-refractivity contribution is 6.37. The minimum absolute atomic E-state index is 0.000171. The van der Waals surface area contributed by atoms with Crippen molar-refractivity contribution in [3.05, 3.63) is 64.1 Å². The van der Waals surface area contributed by atoms with E-state index in [1.807, 2.05) is 0 Å². The van der Waals surface area contributed by atoms with Gasteiger partial charge in [0.2, 0.25) is 0 Å². The fraction of sp³-hybridized carbons (Fsp3) is 0.211. The average molecular weight is 407 g/mol. The van der Waals surface area contributed by atoms with Gasteiger partial charge >= 0.3 is 6.03 Å². The predicted molar refractivity (Wildman–Crippen MR) is 102 cm³/mol. The maximum atomic E-state index is 13.0. The van der Waals surface area contributed by atoms with Crippen LogP contribution in [0.5, 0.6) is 0 Å².